The molecule has 1 unspecified atom stereocenters. The van der Waals surface area contributed by atoms with Crippen molar-refractivity contribution in [3.8, 4) is 52.8 Å². The summed E-state index contributed by atoms with van der Waals surface area (Å²) in [5.41, 5.74) is 9.60. The Morgan fingerprint density at radius 2 is 1.24 bits per heavy atom. The number of hydrogen-bond donors (Lipinski definition) is 3. The Labute approximate surface area is 424 Å². The SMILES string of the molecule is Cc1cnc(Nc2ccc(OCCC3CCCN3)cc2)nc1-c1ccc(-c2cccc(C(C)C)c2)s1.Cc1nc(C)c(-c2ccc(-c3nc(Nc4ccc(OCCN5CCCC5)cc4)ncc3C)s2)s1. The van der Waals surface area contributed by atoms with Crippen molar-refractivity contribution in [2.75, 3.05) is 50.0 Å². The molecular weight excluding hydrogens is 927 g/mol. The highest BCUT2D eigenvalue weighted by atomic mass is 32.1. The first kappa shape index (κ1) is 49.0. The maximum atomic E-state index is 5.93. The molecule has 10 rings (SSSR count). The van der Waals surface area contributed by atoms with Gasteiger partial charge in [-0.3, -0.25) is 4.90 Å². The van der Waals surface area contributed by atoms with Gasteiger partial charge < -0.3 is 25.4 Å². The highest BCUT2D eigenvalue weighted by Gasteiger charge is 2.17. The molecule has 0 radical (unpaired) electrons. The van der Waals surface area contributed by atoms with Gasteiger partial charge in [-0.1, -0.05) is 38.1 Å². The molecule has 362 valence electrons. The summed E-state index contributed by atoms with van der Waals surface area (Å²) in [6.45, 7) is 18.7. The second-order valence-electron chi connectivity index (χ2n) is 18.3. The van der Waals surface area contributed by atoms with Crippen molar-refractivity contribution in [2.24, 2.45) is 0 Å². The van der Waals surface area contributed by atoms with Crippen molar-refractivity contribution in [3.05, 3.63) is 137 Å². The number of nitrogens with zero attached hydrogens (tertiary/aromatic N) is 6. The van der Waals surface area contributed by atoms with Crippen LogP contribution in [0.5, 0.6) is 11.5 Å². The lowest BCUT2D eigenvalue weighted by Gasteiger charge is -2.15. The molecule has 8 aromatic rings. The normalized spacial score (nSPS) is 14.7. The topological polar surface area (TPSA) is 122 Å². The average molecular weight is 990 g/mol. The van der Waals surface area contributed by atoms with E-state index in [1.54, 1.807) is 34.0 Å². The van der Waals surface area contributed by atoms with E-state index in [-0.39, 0.29) is 0 Å². The lowest BCUT2D eigenvalue weighted by Crippen LogP contribution is -2.25. The molecule has 3 aromatic carbocycles. The van der Waals surface area contributed by atoms with Gasteiger partial charge in [-0.25, -0.2) is 24.9 Å². The summed E-state index contributed by atoms with van der Waals surface area (Å²) in [7, 11) is 0. The fourth-order valence-electron chi connectivity index (χ4n) is 8.67. The van der Waals surface area contributed by atoms with Gasteiger partial charge in [-0.05, 0) is 180 Å². The van der Waals surface area contributed by atoms with Crippen LogP contribution in [0, 0.1) is 27.7 Å². The van der Waals surface area contributed by atoms with E-state index in [1.165, 1.54) is 64.5 Å². The lowest BCUT2D eigenvalue weighted by molar-refractivity contribution is 0.238. The highest BCUT2D eigenvalue weighted by molar-refractivity contribution is 7.23. The Hall–Kier alpha value is -6.03. The summed E-state index contributed by atoms with van der Waals surface area (Å²) in [6.07, 6.45) is 9.95. The minimum atomic E-state index is 0.511. The molecule has 2 saturated heterocycles. The summed E-state index contributed by atoms with van der Waals surface area (Å²) in [4.78, 5) is 31.7. The van der Waals surface area contributed by atoms with Crippen molar-refractivity contribution in [1.82, 2.24) is 35.1 Å². The van der Waals surface area contributed by atoms with Gasteiger partial charge in [0.25, 0.3) is 0 Å². The molecule has 0 aliphatic carbocycles. The van der Waals surface area contributed by atoms with Crippen LogP contribution >= 0.6 is 34.0 Å². The maximum Gasteiger partial charge on any atom is 0.227 e. The number of thiophene rings is 2. The van der Waals surface area contributed by atoms with Gasteiger partial charge in [-0.2, -0.15) is 0 Å². The maximum absolute atomic E-state index is 5.93. The van der Waals surface area contributed by atoms with Crippen molar-refractivity contribution in [3.63, 3.8) is 0 Å². The zero-order valence-corrected chi connectivity index (χ0v) is 43.5. The van der Waals surface area contributed by atoms with Gasteiger partial charge >= 0.3 is 0 Å². The molecule has 2 fully saturated rings. The number of anilines is 4. The number of likely N-dealkylation sites (tertiary alicyclic amines) is 1. The molecule has 0 saturated carbocycles. The van der Waals surface area contributed by atoms with E-state index in [0.717, 1.165) is 98.6 Å². The van der Waals surface area contributed by atoms with Crippen LogP contribution in [-0.2, 0) is 0 Å². The molecule has 70 heavy (non-hydrogen) atoms. The Kier molecular flexibility index (Phi) is 16.3. The minimum absolute atomic E-state index is 0.511. The Morgan fingerprint density at radius 1 is 0.657 bits per heavy atom. The third-order valence-electron chi connectivity index (χ3n) is 12.6. The molecule has 1 atom stereocenters. The molecule has 3 N–H and O–H groups in total. The fraction of sp³-hybridized carbons (Fsp3) is 0.339. The number of thiazole rings is 1. The number of ether oxygens (including phenoxy) is 2. The summed E-state index contributed by atoms with van der Waals surface area (Å²) in [6, 6.07) is 34.1. The molecule has 14 heteroatoms. The monoisotopic (exact) mass is 989 g/mol. The van der Waals surface area contributed by atoms with E-state index < -0.39 is 0 Å². The predicted octanol–water partition coefficient (Wildman–Crippen LogP) is 14.0. The number of nitrogens with one attached hydrogen (secondary N) is 3. The first-order valence-electron chi connectivity index (χ1n) is 24.5. The standard InChI is InChI=1S/C30H34N4OS.C26H29N5OS2/c1-20(2)22-6-4-7-23(18-22)27-13-14-28(36-27)29-21(3)19-32-30(34-29)33-25-9-11-26(12-10-25)35-17-15-24-8-5-16-31-24;1-17-16-27-26(29-20-6-8-21(9-7-20)32-15-14-31-12-4-5-13-31)30-24(17)22-10-11-23(34-22)25-18(2)28-19(3)33-25/h4,6-7,9-14,18-20,24,31H,5,8,15-17H2,1-3H3,(H,32,33,34);6-11,16H,4-5,12-15H2,1-3H3,(H,27,29,30). The Balaban J connectivity index is 0.000000174. The third kappa shape index (κ3) is 12.8. The number of aromatic nitrogens is 5. The van der Waals surface area contributed by atoms with E-state index in [1.807, 2.05) is 60.9 Å². The van der Waals surface area contributed by atoms with Crippen LogP contribution in [0.15, 0.2) is 109 Å². The molecular formula is C56H63N9O2S3. The van der Waals surface area contributed by atoms with Gasteiger partial charge in [0.05, 0.1) is 43.3 Å². The molecule has 0 spiro atoms. The number of benzene rings is 3. The molecule has 2 aliphatic heterocycles. The van der Waals surface area contributed by atoms with Crippen molar-refractivity contribution < 1.29 is 9.47 Å². The summed E-state index contributed by atoms with van der Waals surface area (Å²) in [5, 5.41) is 11.3. The van der Waals surface area contributed by atoms with Gasteiger partial charge in [0.2, 0.25) is 11.9 Å². The van der Waals surface area contributed by atoms with Crippen LogP contribution in [0.1, 0.15) is 79.3 Å². The van der Waals surface area contributed by atoms with Crippen LogP contribution in [-0.4, -0.2) is 75.3 Å². The molecule has 11 nitrogen and oxygen atoms in total. The number of rotatable bonds is 17. The van der Waals surface area contributed by atoms with E-state index in [4.69, 9.17) is 19.4 Å². The largest absolute Gasteiger partial charge is 0.494 e. The van der Waals surface area contributed by atoms with Crippen LogP contribution in [0.4, 0.5) is 23.3 Å². The quantitative estimate of drug-likeness (QED) is 0.0808. The van der Waals surface area contributed by atoms with Gasteiger partial charge in [0.1, 0.15) is 18.1 Å². The number of aryl methyl sites for hydroxylation is 4. The lowest BCUT2D eigenvalue weighted by atomic mass is 10.0. The smallest absolute Gasteiger partial charge is 0.227 e. The van der Waals surface area contributed by atoms with Crippen LogP contribution in [0.25, 0.3) is 41.3 Å². The van der Waals surface area contributed by atoms with Gasteiger partial charge in [0, 0.05) is 46.1 Å². The summed E-state index contributed by atoms with van der Waals surface area (Å²) < 4.78 is 11.8. The van der Waals surface area contributed by atoms with Gasteiger partial charge in [0.15, 0.2) is 0 Å². The van der Waals surface area contributed by atoms with Crippen LogP contribution < -0.4 is 25.4 Å². The number of hydrogen-bond acceptors (Lipinski definition) is 14. The fourth-order valence-corrected chi connectivity index (χ4v) is 11.9. The zero-order valence-electron chi connectivity index (χ0n) is 41.0. The van der Waals surface area contributed by atoms with Crippen LogP contribution in [0.2, 0.25) is 0 Å². The highest BCUT2D eigenvalue weighted by Crippen LogP contribution is 2.40. The first-order chi connectivity index (χ1) is 34.1. The average Bonchev–Trinajstić information content (AvgIpc) is 4.24. The molecule has 0 amide bonds. The Morgan fingerprint density at radius 3 is 1.81 bits per heavy atom. The first-order valence-corrected chi connectivity index (χ1v) is 26.9. The van der Waals surface area contributed by atoms with E-state index in [2.05, 4.69) is 126 Å². The summed E-state index contributed by atoms with van der Waals surface area (Å²) >= 11 is 5.25. The molecule has 5 aromatic heterocycles. The van der Waals surface area contributed by atoms with Crippen molar-refractivity contribution >= 4 is 57.3 Å². The van der Waals surface area contributed by atoms with Crippen LogP contribution in [0.3, 0.4) is 0 Å². The van der Waals surface area contributed by atoms with Crippen molar-refractivity contribution in [2.45, 2.75) is 85.6 Å². The van der Waals surface area contributed by atoms with Crippen molar-refractivity contribution in [1.29, 1.82) is 0 Å². The molecule has 7 heterocycles. The third-order valence-corrected chi connectivity index (χ3v) is 16.1. The molecule has 2 aliphatic rings. The predicted molar refractivity (Wildman–Crippen MR) is 292 cm³/mol. The molecule has 0 bridgehead atoms. The second kappa shape index (κ2) is 23.3. The second-order valence-corrected chi connectivity index (χ2v) is 21.7. The Bertz CT molecular complexity index is 2950. The zero-order chi connectivity index (χ0) is 48.4. The van der Waals surface area contributed by atoms with Gasteiger partial charge in [-0.15, -0.1) is 34.0 Å². The minimum Gasteiger partial charge on any atom is -0.494 e. The van der Waals surface area contributed by atoms with E-state index >= 15 is 0 Å². The van der Waals surface area contributed by atoms with E-state index in [9.17, 15) is 0 Å². The summed E-state index contributed by atoms with van der Waals surface area (Å²) in [5.74, 6) is 3.46. The van der Waals surface area contributed by atoms with E-state index in [0.29, 0.717) is 23.9 Å².